The van der Waals surface area contributed by atoms with Crippen molar-refractivity contribution in [3.8, 4) is 11.5 Å². The number of hydrogen-bond acceptors (Lipinski definition) is 8. The lowest BCUT2D eigenvalue weighted by molar-refractivity contribution is 0.174. The van der Waals surface area contributed by atoms with Crippen LogP contribution >= 0.6 is 27.7 Å². The van der Waals surface area contributed by atoms with Crippen LogP contribution in [0.5, 0.6) is 11.5 Å². The Kier molecular flexibility index (Phi) is 7.57. The first-order valence-corrected chi connectivity index (χ1v) is 10.9. The highest BCUT2D eigenvalue weighted by atomic mass is 79.9. The minimum atomic E-state index is 0.231. The molecule has 0 unspecified atom stereocenters. The van der Waals surface area contributed by atoms with Gasteiger partial charge in [0.15, 0.2) is 22.5 Å². The summed E-state index contributed by atoms with van der Waals surface area (Å²) in [6.07, 6.45) is 2.37. The van der Waals surface area contributed by atoms with Gasteiger partial charge in [-0.15, -0.1) is 0 Å². The Morgan fingerprint density at radius 1 is 1.31 bits per heavy atom. The van der Waals surface area contributed by atoms with Crippen molar-refractivity contribution < 1.29 is 9.47 Å². The van der Waals surface area contributed by atoms with E-state index in [-0.39, 0.29) is 6.79 Å². The van der Waals surface area contributed by atoms with Gasteiger partial charge in [0.25, 0.3) is 0 Å². The molecule has 0 atom stereocenters. The molecule has 0 amide bonds. The third kappa shape index (κ3) is 5.97. The van der Waals surface area contributed by atoms with Gasteiger partial charge in [-0.2, -0.15) is 0 Å². The second kappa shape index (κ2) is 10.1. The number of aromatic nitrogens is 2. The van der Waals surface area contributed by atoms with Crippen LogP contribution in [0.1, 0.15) is 26.0 Å². The Bertz CT molecular complexity index is 873. The van der Waals surface area contributed by atoms with Crippen molar-refractivity contribution in [2.24, 2.45) is 4.99 Å². The van der Waals surface area contributed by atoms with Gasteiger partial charge >= 0.3 is 0 Å². The molecule has 3 rings (SSSR count). The summed E-state index contributed by atoms with van der Waals surface area (Å²) in [6.45, 7) is 7.95. The Balaban J connectivity index is 1.79. The predicted molar refractivity (Wildman–Crippen MR) is 121 cm³/mol. The van der Waals surface area contributed by atoms with E-state index >= 15 is 0 Å². The van der Waals surface area contributed by atoms with E-state index in [1.165, 1.54) is 18.1 Å². The van der Waals surface area contributed by atoms with Crippen molar-refractivity contribution in [3.05, 3.63) is 28.6 Å². The Morgan fingerprint density at radius 2 is 2.07 bits per heavy atom. The van der Waals surface area contributed by atoms with E-state index in [1.807, 2.05) is 19.1 Å². The summed E-state index contributed by atoms with van der Waals surface area (Å²) in [5, 5.41) is 7.42. The third-order valence-electron chi connectivity index (χ3n) is 4.07. The van der Waals surface area contributed by atoms with E-state index in [0.29, 0.717) is 29.3 Å². The Hall–Kier alpha value is -2.04. The zero-order valence-electron chi connectivity index (χ0n) is 16.7. The average Bonchev–Trinajstić information content (AvgIpc) is 3.11. The van der Waals surface area contributed by atoms with Crippen molar-refractivity contribution >= 4 is 44.4 Å². The first-order valence-electron chi connectivity index (χ1n) is 9.33. The molecule has 1 aromatic heterocycles. The predicted octanol–water partition coefficient (Wildman–Crippen LogP) is 3.81. The van der Waals surface area contributed by atoms with Gasteiger partial charge in [-0.05, 0) is 48.0 Å². The fourth-order valence-corrected chi connectivity index (χ4v) is 3.99. The first-order chi connectivity index (χ1) is 13.9. The van der Waals surface area contributed by atoms with Crippen LogP contribution in [0.4, 0.5) is 11.5 Å². The normalized spacial score (nSPS) is 13.2. The molecule has 10 heteroatoms. The lowest BCUT2D eigenvalue weighted by Gasteiger charge is -2.14. The molecular weight excluding hydrogens is 456 g/mol. The molecule has 0 spiro atoms. The van der Waals surface area contributed by atoms with Crippen LogP contribution in [0.15, 0.2) is 32.8 Å². The largest absolute Gasteiger partial charge is 0.454 e. The molecule has 0 saturated heterocycles. The van der Waals surface area contributed by atoms with Crippen LogP contribution in [0.2, 0.25) is 0 Å². The molecular formula is C19H25BrN6O2S. The number of aryl methyl sites for hydroxylation is 1. The van der Waals surface area contributed by atoms with Crippen molar-refractivity contribution in [3.63, 3.8) is 0 Å². The second-order valence-electron chi connectivity index (χ2n) is 6.73. The van der Waals surface area contributed by atoms with Crippen LogP contribution < -0.4 is 25.8 Å². The number of thioether (sulfide) groups is 1. The molecule has 1 aromatic carbocycles. The van der Waals surface area contributed by atoms with Crippen molar-refractivity contribution in [1.29, 1.82) is 0 Å². The molecule has 156 valence electrons. The molecule has 0 radical (unpaired) electrons. The van der Waals surface area contributed by atoms with Gasteiger partial charge in [0.2, 0.25) is 6.79 Å². The summed E-state index contributed by atoms with van der Waals surface area (Å²) < 4.78 is 11.8. The lowest BCUT2D eigenvalue weighted by atomic mass is 10.3. The summed E-state index contributed by atoms with van der Waals surface area (Å²) in [4.78, 5) is 14.0. The maximum Gasteiger partial charge on any atom is 0.231 e. The van der Waals surface area contributed by atoms with Crippen LogP contribution in [0.3, 0.4) is 0 Å². The molecule has 2 aromatic rings. The summed E-state index contributed by atoms with van der Waals surface area (Å²) in [6, 6.07) is 4.30. The number of anilines is 2. The van der Waals surface area contributed by atoms with Gasteiger partial charge in [-0.25, -0.2) is 9.97 Å². The molecule has 29 heavy (non-hydrogen) atoms. The molecule has 0 bridgehead atoms. The number of amidine groups is 1. The van der Waals surface area contributed by atoms with Gasteiger partial charge in [0, 0.05) is 22.0 Å². The van der Waals surface area contributed by atoms with E-state index in [0.717, 1.165) is 39.5 Å². The average molecular weight is 481 g/mol. The van der Waals surface area contributed by atoms with E-state index in [9.17, 15) is 0 Å². The number of aliphatic imine (C=N–C) groups is 1. The summed E-state index contributed by atoms with van der Waals surface area (Å²) in [5.74, 6) is 1.83. The smallest absolute Gasteiger partial charge is 0.231 e. The number of nitrogens with one attached hydrogen (secondary N) is 2. The lowest BCUT2D eigenvalue weighted by Crippen LogP contribution is -2.24. The highest BCUT2D eigenvalue weighted by Crippen LogP contribution is 2.41. The molecule has 1 aliphatic heterocycles. The SMILES string of the molecule is Cc1ncnc(N)c1NC(=NCCCNC(C)C)Sc1cc2c(cc1Br)OCO2. The van der Waals surface area contributed by atoms with Crippen LogP contribution in [0, 0.1) is 6.92 Å². The standard InChI is InChI=1S/C19H25BrN6O2S/c1-11(2)22-5-4-6-23-19(26-17-12(3)24-9-25-18(17)21)29-16-8-15-14(7-13(16)20)27-10-28-15/h7-9,11,22H,4-6,10H2,1-3H3,(H,23,26)(H2,21,24,25). The molecule has 1 aliphatic rings. The van der Waals surface area contributed by atoms with Crippen molar-refractivity contribution in [2.45, 2.75) is 38.1 Å². The molecule has 0 fully saturated rings. The summed E-state index contributed by atoms with van der Waals surface area (Å²) in [7, 11) is 0. The van der Waals surface area contributed by atoms with E-state index < -0.39 is 0 Å². The van der Waals surface area contributed by atoms with Gasteiger partial charge in [-0.1, -0.05) is 25.6 Å². The maximum atomic E-state index is 6.04. The first kappa shape index (κ1) is 21.7. The van der Waals surface area contributed by atoms with Crippen LogP contribution in [-0.4, -0.2) is 41.1 Å². The number of rotatable bonds is 7. The molecule has 2 heterocycles. The number of nitrogens with zero attached hydrogens (tertiary/aromatic N) is 3. The number of nitrogens with two attached hydrogens (primary N) is 1. The van der Waals surface area contributed by atoms with Gasteiger partial charge in [0.05, 0.1) is 5.69 Å². The Morgan fingerprint density at radius 3 is 2.79 bits per heavy atom. The van der Waals surface area contributed by atoms with E-state index in [1.54, 1.807) is 0 Å². The van der Waals surface area contributed by atoms with Gasteiger partial charge in [0.1, 0.15) is 12.0 Å². The Labute approximate surface area is 183 Å². The van der Waals surface area contributed by atoms with E-state index in [2.05, 4.69) is 50.4 Å². The van der Waals surface area contributed by atoms with Crippen molar-refractivity contribution in [2.75, 3.05) is 30.9 Å². The summed E-state index contributed by atoms with van der Waals surface area (Å²) in [5.41, 5.74) is 7.47. The second-order valence-corrected chi connectivity index (χ2v) is 8.62. The fraction of sp³-hybridized carbons (Fsp3) is 0.421. The van der Waals surface area contributed by atoms with E-state index in [4.69, 9.17) is 20.2 Å². The zero-order valence-corrected chi connectivity index (χ0v) is 19.1. The number of fused-ring (bicyclic) bond motifs is 1. The molecule has 0 saturated carbocycles. The topological polar surface area (TPSA) is 107 Å². The quantitative estimate of drug-likeness (QED) is 0.237. The third-order valence-corrected chi connectivity index (χ3v) is 5.98. The molecule has 8 nitrogen and oxygen atoms in total. The minimum absolute atomic E-state index is 0.231. The number of nitrogen functional groups attached to an aromatic ring is 1. The summed E-state index contributed by atoms with van der Waals surface area (Å²) >= 11 is 5.09. The molecule has 4 N–H and O–H groups in total. The fourth-order valence-electron chi connectivity index (χ4n) is 2.58. The number of benzene rings is 1. The number of hydrogen-bond donors (Lipinski definition) is 3. The number of ether oxygens (including phenoxy) is 2. The zero-order chi connectivity index (χ0) is 20.8. The van der Waals surface area contributed by atoms with Crippen LogP contribution in [-0.2, 0) is 0 Å². The minimum Gasteiger partial charge on any atom is -0.454 e. The highest BCUT2D eigenvalue weighted by Gasteiger charge is 2.18. The molecule has 0 aliphatic carbocycles. The maximum absolute atomic E-state index is 6.04. The van der Waals surface area contributed by atoms with Crippen molar-refractivity contribution in [1.82, 2.24) is 15.3 Å². The van der Waals surface area contributed by atoms with Gasteiger partial charge < -0.3 is 25.8 Å². The van der Waals surface area contributed by atoms with Gasteiger partial charge in [-0.3, -0.25) is 4.99 Å². The number of halogens is 1. The highest BCUT2D eigenvalue weighted by molar-refractivity contribution is 9.10. The monoisotopic (exact) mass is 480 g/mol. The van der Waals surface area contributed by atoms with Crippen LogP contribution in [0.25, 0.3) is 0 Å².